The SMILES string of the molecule is COCCOCCOCCNC(C)(C)CCl. The van der Waals surface area contributed by atoms with Crippen LogP contribution in [-0.2, 0) is 14.2 Å². The van der Waals surface area contributed by atoms with E-state index in [2.05, 4.69) is 19.2 Å². The van der Waals surface area contributed by atoms with Crippen molar-refractivity contribution in [3.8, 4) is 0 Å². The van der Waals surface area contributed by atoms with Crippen molar-refractivity contribution >= 4 is 11.6 Å². The molecule has 98 valence electrons. The molecule has 0 bridgehead atoms. The fraction of sp³-hybridized carbons (Fsp3) is 1.00. The zero-order valence-corrected chi connectivity index (χ0v) is 11.3. The number of nitrogens with one attached hydrogen (secondary N) is 1. The summed E-state index contributed by atoms with van der Waals surface area (Å²) in [6.07, 6.45) is 0. The third kappa shape index (κ3) is 10.6. The van der Waals surface area contributed by atoms with Gasteiger partial charge in [0.25, 0.3) is 0 Å². The minimum atomic E-state index is -0.0279. The Kier molecular flexibility index (Phi) is 10.4. The molecule has 0 aromatic carbocycles. The second kappa shape index (κ2) is 10.3. The molecule has 0 heterocycles. The summed E-state index contributed by atoms with van der Waals surface area (Å²) in [6.45, 7) is 8.09. The molecule has 16 heavy (non-hydrogen) atoms. The standard InChI is InChI=1S/C11H24ClNO3/c1-11(2,10-12)13-4-5-15-8-9-16-7-6-14-3/h13H,4-10H2,1-3H3. The first-order valence-corrected chi connectivity index (χ1v) is 6.11. The van der Waals surface area contributed by atoms with Crippen molar-refractivity contribution in [2.24, 2.45) is 0 Å². The Balaban J connectivity index is 3.10. The second-order valence-electron chi connectivity index (χ2n) is 4.16. The summed E-state index contributed by atoms with van der Waals surface area (Å²) in [7, 11) is 1.66. The van der Waals surface area contributed by atoms with Crippen molar-refractivity contribution in [2.45, 2.75) is 19.4 Å². The highest BCUT2D eigenvalue weighted by Crippen LogP contribution is 2.02. The van der Waals surface area contributed by atoms with Gasteiger partial charge < -0.3 is 19.5 Å². The maximum atomic E-state index is 5.77. The lowest BCUT2D eigenvalue weighted by atomic mass is 10.1. The first-order chi connectivity index (χ1) is 7.62. The molecule has 0 unspecified atom stereocenters. The van der Waals surface area contributed by atoms with Gasteiger partial charge in [0.05, 0.1) is 33.0 Å². The molecule has 0 atom stereocenters. The first-order valence-electron chi connectivity index (χ1n) is 5.58. The Bertz CT molecular complexity index is 156. The van der Waals surface area contributed by atoms with Crippen LogP contribution in [0.2, 0.25) is 0 Å². The van der Waals surface area contributed by atoms with Gasteiger partial charge >= 0.3 is 0 Å². The summed E-state index contributed by atoms with van der Waals surface area (Å²) in [4.78, 5) is 0. The van der Waals surface area contributed by atoms with Crippen LogP contribution in [-0.4, -0.2) is 58.1 Å². The summed E-state index contributed by atoms with van der Waals surface area (Å²) in [6, 6.07) is 0. The van der Waals surface area contributed by atoms with Crippen LogP contribution in [0, 0.1) is 0 Å². The number of hydrogen-bond donors (Lipinski definition) is 1. The smallest absolute Gasteiger partial charge is 0.0701 e. The number of rotatable bonds is 11. The normalized spacial score (nSPS) is 12.0. The number of methoxy groups -OCH3 is 1. The fourth-order valence-electron chi connectivity index (χ4n) is 0.973. The van der Waals surface area contributed by atoms with E-state index in [-0.39, 0.29) is 5.54 Å². The van der Waals surface area contributed by atoms with E-state index in [1.165, 1.54) is 0 Å². The molecule has 4 nitrogen and oxygen atoms in total. The predicted molar refractivity (Wildman–Crippen MR) is 66.3 cm³/mol. The molecule has 0 amide bonds. The van der Waals surface area contributed by atoms with E-state index >= 15 is 0 Å². The highest BCUT2D eigenvalue weighted by Gasteiger charge is 2.13. The molecule has 0 aromatic heterocycles. The van der Waals surface area contributed by atoms with Crippen LogP contribution < -0.4 is 5.32 Å². The van der Waals surface area contributed by atoms with Gasteiger partial charge in [0.15, 0.2) is 0 Å². The van der Waals surface area contributed by atoms with Crippen molar-refractivity contribution in [2.75, 3.05) is 52.6 Å². The van der Waals surface area contributed by atoms with Gasteiger partial charge in [-0.3, -0.25) is 0 Å². The predicted octanol–water partition coefficient (Wildman–Crippen LogP) is 1.27. The van der Waals surface area contributed by atoms with Crippen molar-refractivity contribution < 1.29 is 14.2 Å². The van der Waals surface area contributed by atoms with E-state index in [1.54, 1.807) is 7.11 Å². The quantitative estimate of drug-likeness (QED) is 0.445. The summed E-state index contributed by atoms with van der Waals surface area (Å²) >= 11 is 5.77. The van der Waals surface area contributed by atoms with Crippen LogP contribution >= 0.6 is 11.6 Å². The maximum absolute atomic E-state index is 5.77. The van der Waals surface area contributed by atoms with Crippen LogP contribution in [0.1, 0.15) is 13.8 Å². The van der Waals surface area contributed by atoms with Crippen molar-refractivity contribution in [3.05, 3.63) is 0 Å². The van der Waals surface area contributed by atoms with E-state index < -0.39 is 0 Å². The second-order valence-corrected chi connectivity index (χ2v) is 4.43. The van der Waals surface area contributed by atoms with Crippen molar-refractivity contribution in [1.82, 2.24) is 5.32 Å². The Morgan fingerprint density at radius 3 is 2.12 bits per heavy atom. The molecule has 0 aliphatic heterocycles. The molecule has 0 radical (unpaired) electrons. The Morgan fingerprint density at radius 2 is 1.56 bits per heavy atom. The third-order valence-corrected chi connectivity index (χ3v) is 2.66. The lowest BCUT2D eigenvalue weighted by Gasteiger charge is -2.23. The molecule has 0 aliphatic rings. The van der Waals surface area contributed by atoms with Crippen molar-refractivity contribution in [3.63, 3.8) is 0 Å². The van der Waals surface area contributed by atoms with Crippen LogP contribution in [0.25, 0.3) is 0 Å². The molecule has 0 aromatic rings. The molecule has 1 N–H and O–H groups in total. The van der Waals surface area contributed by atoms with E-state index in [9.17, 15) is 0 Å². The Labute approximate surface area is 104 Å². The van der Waals surface area contributed by atoms with Gasteiger partial charge in [0.2, 0.25) is 0 Å². The van der Waals surface area contributed by atoms with E-state index in [0.717, 1.165) is 6.54 Å². The topological polar surface area (TPSA) is 39.7 Å². The largest absolute Gasteiger partial charge is 0.382 e. The van der Waals surface area contributed by atoms with Gasteiger partial charge in [-0.1, -0.05) is 0 Å². The third-order valence-electron chi connectivity index (χ3n) is 1.99. The zero-order chi connectivity index (χ0) is 12.3. The molecule has 0 fully saturated rings. The molecule has 0 aliphatic carbocycles. The first kappa shape index (κ1) is 16.1. The lowest BCUT2D eigenvalue weighted by molar-refractivity contribution is 0.0248. The van der Waals surface area contributed by atoms with Gasteiger partial charge in [-0.05, 0) is 13.8 Å². The van der Waals surface area contributed by atoms with Crippen molar-refractivity contribution in [1.29, 1.82) is 0 Å². The van der Waals surface area contributed by atoms with Crippen LogP contribution in [0.15, 0.2) is 0 Å². The summed E-state index contributed by atoms with van der Waals surface area (Å²) in [5, 5.41) is 3.30. The average molecular weight is 254 g/mol. The summed E-state index contributed by atoms with van der Waals surface area (Å²) in [5.41, 5.74) is -0.0279. The van der Waals surface area contributed by atoms with Gasteiger partial charge in [0.1, 0.15) is 0 Å². The molecule has 0 spiro atoms. The lowest BCUT2D eigenvalue weighted by Crippen LogP contribution is -2.42. The monoisotopic (exact) mass is 253 g/mol. The van der Waals surface area contributed by atoms with Gasteiger partial charge in [-0.15, -0.1) is 11.6 Å². The molecular formula is C11H24ClNO3. The van der Waals surface area contributed by atoms with E-state index in [4.69, 9.17) is 25.8 Å². The van der Waals surface area contributed by atoms with Crippen LogP contribution in [0.4, 0.5) is 0 Å². The Morgan fingerprint density at radius 1 is 1.00 bits per heavy atom. The number of ether oxygens (including phenoxy) is 3. The van der Waals surface area contributed by atoms with Crippen LogP contribution in [0.3, 0.4) is 0 Å². The molecule has 0 rings (SSSR count). The number of alkyl halides is 1. The number of hydrogen-bond acceptors (Lipinski definition) is 4. The van der Waals surface area contributed by atoms with Gasteiger partial charge in [-0.2, -0.15) is 0 Å². The minimum absolute atomic E-state index is 0.0279. The van der Waals surface area contributed by atoms with E-state index in [0.29, 0.717) is 38.9 Å². The zero-order valence-electron chi connectivity index (χ0n) is 10.6. The molecule has 5 heteroatoms. The molecule has 0 saturated heterocycles. The number of halogens is 1. The maximum Gasteiger partial charge on any atom is 0.0701 e. The highest BCUT2D eigenvalue weighted by atomic mass is 35.5. The van der Waals surface area contributed by atoms with Gasteiger partial charge in [-0.25, -0.2) is 0 Å². The summed E-state index contributed by atoms with van der Waals surface area (Å²) in [5.74, 6) is 0.590. The minimum Gasteiger partial charge on any atom is -0.382 e. The van der Waals surface area contributed by atoms with Gasteiger partial charge in [0, 0.05) is 25.1 Å². The van der Waals surface area contributed by atoms with E-state index in [1.807, 2.05) is 0 Å². The summed E-state index contributed by atoms with van der Waals surface area (Å²) < 4.78 is 15.5. The molecule has 0 saturated carbocycles. The molecular weight excluding hydrogens is 230 g/mol. The Hall–Kier alpha value is 0.130. The van der Waals surface area contributed by atoms with Crippen LogP contribution in [0.5, 0.6) is 0 Å². The fourth-order valence-corrected chi connectivity index (χ4v) is 1.07. The average Bonchev–Trinajstić information content (AvgIpc) is 2.27. The highest BCUT2D eigenvalue weighted by molar-refractivity contribution is 6.18.